The molecule has 0 bridgehead atoms. The molecular formula is C23H26N2O3. The largest absolute Gasteiger partial charge is 0.497 e. The number of nitrogens with zero attached hydrogens (tertiary/aromatic N) is 2. The first-order valence-electron chi connectivity index (χ1n) is 9.30. The molecule has 5 heteroatoms. The van der Waals surface area contributed by atoms with Crippen LogP contribution in [-0.2, 0) is 6.54 Å². The van der Waals surface area contributed by atoms with Crippen LogP contribution < -0.4 is 9.47 Å². The highest BCUT2D eigenvalue weighted by molar-refractivity contribution is 6.06. The predicted molar refractivity (Wildman–Crippen MR) is 111 cm³/mol. The van der Waals surface area contributed by atoms with Crippen LogP contribution in [0.3, 0.4) is 0 Å². The van der Waals surface area contributed by atoms with Crippen molar-refractivity contribution in [2.75, 3.05) is 21.3 Å². The molecule has 28 heavy (non-hydrogen) atoms. The minimum Gasteiger partial charge on any atom is -0.497 e. The van der Waals surface area contributed by atoms with Gasteiger partial charge < -0.3 is 14.4 Å². The molecule has 1 aromatic heterocycles. The van der Waals surface area contributed by atoms with Gasteiger partial charge in [0, 0.05) is 36.3 Å². The van der Waals surface area contributed by atoms with Gasteiger partial charge in [0.15, 0.2) is 0 Å². The Morgan fingerprint density at radius 2 is 1.82 bits per heavy atom. The van der Waals surface area contributed by atoms with E-state index in [1.807, 2.05) is 48.5 Å². The highest BCUT2D eigenvalue weighted by Gasteiger charge is 2.19. The van der Waals surface area contributed by atoms with Crippen molar-refractivity contribution in [1.82, 2.24) is 9.88 Å². The van der Waals surface area contributed by atoms with Gasteiger partial charge in [-0.2, -0.15) is 0 Å². The summed E-state index contributed by atoms with van der Waals surface area (Å²) in [7, 11) is 5.03. The van der Waals surface area contributed by atoms with Gasteiger partial charge in [-0.25, -0.2) is 0 Å². The summed E-state index contributed by atoms with van der Waals surface area (Å²) in [6, 6.07) is 15.3. The van der Waals surface area contributed by atoms with Crippen LogP contribution in [0.4, 0.5) is 0 Å². The second-order valence-electron chi connectivity index (χ2n) is 7.11. The van der Waals surface area contributed by atoms with Crippen LogP contribution in [-0.4, -0.2) is 37.1 Å². The van der Waals surface area contributed by atoms with E-state index in [9.17, 15) is 4.79 Å². The van der Waals surface area contributed by atoms with Gasteiger partial charge in [0.1, 0.15) is 11.5 Å². The fraction of sp³-hybridized carbons (Fsp3) is 0.304. The molecule has 0 saturated carbocycles. The van der Waals surface area contributed by atoms with Gasteiger partial charge in [-0.05, 0) is 30.2 Å². The molecule has 5 nitrogen and oxygen atoms in total. The summed E-state index contributed by atoms with van der Waals surface area (Å²) < 4.78 is 10.7. The van der Waals surface area contributed by atoms with E-state index in [0.717, 1.165) is 27.9 Å². The molecule has 0 atom stereocenters. The maximum Gasteiger partial charge on any atom is 0.254 e. The van der Waals surface area contributed by atoms with Gasteiger partial charge in [0.05, 0.1) is 25.3 Å². The van der Waals surface area contributed by atoms with Crippen LogP contribution in [0.15, 0.2) is 48.5 Å². The van der Waals surface area contributed by atoms with Crippen LogP contribution in [0.1, 0.15) is 41.4 Å². The van der Waals surface area contributed by atoms with Crippen LogP contribution in [0.2, 0.25) is 0 Å². The smallest absolute Gasteiger partial charge is 0.254 e. The number of hydrogen-bond donors (Lipinski definition) is 0. The van der Waals surface area contributed by atoms with Crippen LogP contribution in [0.25, 0.3) is 10.9 Å². The minimum atomic E-state index is -0.0432. The lowest BCUT2D eigenvalue weighted by Gasteiger charge is -2.21. The van der Waals surface area contributed by atoms with Crippen LogP contribution in [0, 0.1) is 0 Å². The summed E-state index contributed by atoms with van der Waals surface area (Å²) in [5.41, 5.74) is 3.34. The number of ether oxygens (including phenoxy) is 2. The highest BCUT2D eigenvalue weighted by atomic mass is 16.5. The lowest BCUT2D eigenvalue weighted by molar-refractivity contribution is 0.0786. The second kappa shape index (κ2) is 8.30. The number of hydrogen-bond acceptors (Lipinski definition) is 4. The van der Waals surface area contributed by atoms with Gasteiger partial charge in [-0.3, -0.25) is 9.78 Å². The van der Waals surface area contributed by atoms with E-state index in [-0.39, 0.29) is 11.8 Å². The Hall–Kier alpha value is -3.08. The molecule has 0 unspecified atom stereocenters. The number of carbonyl (C=O) groups is 1. The summed E-state index contributed by atoms with van der Waals surface area (Å²) in [6.45, 7) is 4.59. The quantitative estimate of drug-likeness (QED) is 0.627. The number of fused-ring (bicyclic) bond motifs is 1. The molecule has 1 heterocycles. The number of para-hydroxylation sites is 1. The van der Waals surface area contributed by atoms with Crippen molar-refractivity contribution >= 4 is 16.8 Å². The van der Waals surface area contributed by atoms with Crippen molar-refractivity contribution < 1.29 is 14.3 Å². The Bertz CT molecular complexity index is 998. The highest BCUT2D eigenvalue weighted by Crippen LogP contribution is 2.27. The fourth-order valence-electron chi connectivity index (χ4n) is 3.18. The van der Waals surface area contributed by atoms with Crippen molar-refractivity contribution in [3.8, 4) is 11.5 Å². The number of rotatable bonds is 6. The van der Waals surface area contributed by atoms with Crippen molar-refractivity contribution in [2.24, 2.45) is 0 Å². The summed E-state index contributed by atoms with van der Waals surface area (Å²) in [5.74, 6) is 1.61. The number of benzene rings is 2. The first-order chi connectivity index (χ1) is 13.4. The van der Waals surface area contributed by atoms with E-state index >= 15 is 0 Å². The molecule has 0 spiro atoms. The average molecular weight is 378 g/mol. The van der Waals surface area contributed by atoms with Crippen molar-refractivity contribution in [2.45, 2.75) is 26.3 Å². The third-order valence-electron chi connectivity index (χ3n) is 4.81. The molecule has 0 radical (unpaired) electrons. The van der Waals surface area contributed by atoms with E-state index < -0.39 is 0 Å². The average Bonchev–Trinajstić information content (AvgIpc) is 2.72. The SMILES string of the molecule is COc1ccc(CN(C)C(=O)c2cc(C(C)C)nc3ccccc23)c(OC)c1. The molecule has 0 saturated heterocycles. The van der Waals surface area contributed by atoms with Crippen LogP contribution in [0.5, 0.6) is 11.5 Å². The Morgan fingerprint density at radius 1 is 1.07 bits per heavy atom. The van der Waals surface area contributed by atoms with Gasteiger partial charge in [-0.1, -0.05) is 32.0 Å². The molecule has 3 aromatic rings. The maximum absolute atomic E-state index is 13.3. The minimum absolute atomic E-state index is 0.0432. The van der Waals surface area contributed by atoms with Crippen LogP contribution >= 0.6 is 0 Å². The van der Waals surface area contributed by atoms with Crippen molar-refractivity contribution in [3.05, 3.63) is 65.4 Å². The molecule has 0 aliphatic carbocycles. The normalized spacial score (nSPS) is 10.9. The summed E-state index contributed by atoms with van der Waals surface area (Å²) in [4.78, 5) is 19.7. The van der Waals surface area contributed by atoms with E-state index in [1.54, 1.807) is 26.2 Å². The Morgan fingerprint density at radius 3 is 2.50 bits per heavy atom. The topological polar surface area (TPSA) is 51.7 Å². The first-order valence-corrected chi connectivity index (χ1v) is 9.30. The number of methoxy groups -OCH3 is 2. The molecule has 2 aromatic carbocycles. The molecular weight excluding hydrogens is 352 g/mol. The molecule has 146 valence electrons. The standard InChI is InChI=1S/C23H26N2O3/c1-15(2)21-13-19(18-8-6-7-9-20(18)24-21)23(26)25(3)14-16-10-11-17(27-4)12-22(16)28-5/h6-13,15H,14H2,1-5H3. The van der Waals surface area contributed by atoms with E-state index in [1.165, 1.54) is 0 Å². The third kappa shape index (κ3) is 3.93. The van der Waals surface area contributed by atoms with Gasteiger partial charge >= 0.3 is 0 Å². The Kier molecular flexibility index (Phi) is 5.83. The number of carbonyl (C=O) groups excluding carboxylic acids is 1. The van der Waals surface area contributed by atoms with Gasteiger partial charge in [0.2, 0.25) is 0 Å². The van der Waals surface area contributed by atoms with E-state index in [2.05, 4.69) is 13.8 Å². The number of amides is 1. The van der Waals surface area contributed by atoms with E-state index in [4.69, 9.17) is 14.5 Å². The van der Waals surface area contributed by atoms with Gasteiger partial charge in [-0.15, -0.1) is 0 Å². The predicted octanol–water partition coefficient (Wildman–Crippen LogP) is 4.65. The molecule has 1 amide bonds. The monoisotopic (exact) mass is 378 g/mol. The molecule has 0 N–H and O–H groups in total. The van der Waals surface area contributed by atoms with E-state index in [0.29, 0.717) is 17.9 Å². The zero-order chi connectivity index (χ0) is 20.3. The Labute approximate surface area is 165 Å². The molecule has 0 aliphatic heterocycles. The van der Waals surface area contributed by atoms with Crippen molar-refractivity contribution in [3.63, 3.8) is 0 Å². The fourth-order valence-corrected chi connectivity index (χ4v) is 3.18. The number of pyridine rings is 1. The zero-order valence-electron chi connectivity index (χ0n) is 17.0. The molecule has 3 rings (SSSR count). The first kappa shape index (κ1) is 19.7. The second-order valence-corrected chi connectivity index (χ2v) is 7.11. The lowest BCUT2D eigenvalue weighted by Crippen LogP contribution is -2.27. The van der Waals surface area contributed by atoms with Crippen molar-refractivity contribution in [1.29, 1.82) is 0 Å². The lowest BCUT2D eigenvalue weighted by atomic mass is 10.0. The summed E-state index contributed by atoms with van der Waals surface area (Å²) in [6.07, 6.45) is 0. The van der Waals surface area contributed by atoms with Gasteiger partial charge in [0.25, 0.3) is 5.91 Å². The molecule has 0 fully saturated rings. The molecule has 0 aliphatic rings. The Balaban J connectivity index is 1.96. The third-order valence-corrected chi connectivity index (χ3v) is 4.81. The summed E-state index contributed by atoms with van der Waals surface area (Å²) in [5, 5.41) is 0.866. The number of aromatic nitrogens is 1. The zero-order valence-corrected chi connectivity index (χ0v) is 17.0. The maximum atomic E-state index is 13.3. The summed E-state index contributed by atoms with van der Waals surface area (Å²) >= 11 is 0.